The predicted octanol–water partition coefficient (Wildman–Crippen LogP) is 4.86. The van der Waals surface area contributed by atoms with Crippen LogP contribution in [0, 0.1) is 0 Å². The third-order valence-corrected chi connectivity index (χ3v) is 6.20. The number of carbonyl (C=O) groups is 1. The fraction of sp³-hybridized carbons (Fsp3) is 0.304. The first-order chi connectivity index (χ1) is 14.2. The molecule has 0 bridgehead atoms. The molecule has 1 N–H and O–H groups in total. The number of rotatable bonds is 6. The quantitative estimate of drug-likeness (QED) is 0.590. The number of amides is 1. The molecular weight excluding hydrogens is 384 g/mol. The number of nitrogens with one attached hydrogen (secondary N) is 1. The van der Waals surface area contributed by atoms with E-state index in [1.165, 1.54) is 41.1 Å². The number of aromatic nitrogens is 1. The smallest absolute Gasteiger partial charge is 0.234 e. The van der Waals surface area contributed by atoms with Gasteiger partial charge in [0.1, 0.15) is 5.03 Å². The lowest BCUT2D eigenvalue weighted by Crippen LogP contribution is -2.15. The number of hydrogen-bond donors (Lipinski definition) is 1. The minimum atomic E-state index is -0.0678. The number of nitrogens with zero attached hydrogens (tertiary/aromatic N) is 1. The number of hydrogen-bond acceptors (Lipinski definition) is 5. The molecule has 0 aliphatic heterocycles. The van der Waals surface area contributed by atoms with Crippen LogP contribution in [0.25, 0.3) is 10.9 Å². The van der Waals surface area contributed by atoms with Gasteiger partial charge in [-0.05, 0) is 55.0 Å². The van der Waals surface area contributed by atoms with Crippen molar-refractivity contribution in [1.29, 1.82) is 0 Å². The summed E-state index contributed by atoms with van der Waals surface area (Å²) < 4.78 is 10.5. The summed E-state index contributed by atoms with van der Waals surface area (Å²) in [6.45, 7) is 0. The van der Waals surface area contributed by atoms with Crippen molar-refractivity contribution in [2.75, 3.05) is 25.3 Å². The number of para-hydroxylation sites is 1. The van der Waals surface area contributed by atoms with Crippen molar-refractivity contribution in [3.8, 4) is 11.5 Å². The number of fused-ring (bicyclic) bond motifs is 3. The van der Waals surface area contributed by atoms with Crippen molar-refractivity contribution in [3.63, 3.8) is 0 Å². The molecule has 150 valence electrons. The second-order valence-electron chi connectivity index (χ2n) is 7.00. The summed E-state index contributed by atoms with van der Waals surface area (Å²) in [5.41, 5.74) is 4.42. The number of carbonyl (C=O) groups excluding carboxylic acids is 1. The average Bonchev–Trinajstić information content (AvgIpc) is 2.77. The van der Waals surface area contributed by atoms with Crippen LogP contribution in [-0.2, 0) is 17.6 Å². The predicted molar refractivity (Wildman–Crippen MR) is 117 cm³/mol. The van der Waals surface area contributed by atoms with E-state index in [0.717, 1.165) is 23.4 Å². The number of thioether (sulfide) groups is 1. The topological polar surface area (TPSA) is 60.5 Å². The molecule has 0 fully saturated rings. The van der Waals surface area contributed by atoms with Crippen LogP contribution in [-0.4, -0.2) is 30.9 Å². The Hall–Kier alpha value is -2.73. The highest BCUT2D eigenvalue weighted by atomic mass is 32.2. The molecule has 5 nitrogen and oxygen atoms in total. The standard InChI is InChI=1S/C23H24N2O3S/c1-27-20-12-11-15(13-21(20)28-2)24-22(26)14-29-23-18-9-4-3-7-16(18)17-8-5-6-10-19(17)25-23/h5-6,8,10-13H,3-4,7,9,14H2,1-2H3,(H,24,26). The van der Waals surface area contributed by atoms with Gasteiger partial charge in [-0.25, -0.2) is 4.98 Å². The molecule has 0 spiro atoms. The lowest BCUT2D eigenvalue weighted by atomic mass is 9.90. The van der Waals surface area contributed by atoms with Gasteiger partial charge in [-0.15, -0.1) is 0 Å². The van der Waals surface area contributed by atoms with Crippen LogP contribution in [0.3, 0.4) is 0 Å². The first-order valence-corrected chi connectivity index (χ1v) is 10.7. The van der Waals surface area contributed by atoms with Crippen LogP contribution in [0.15, 0.2) is 47.5 Å². The number of aryl methyl sites for hydroxylation is 1. The van der Waals surface area contributed by atoms with Crippen LogP contribution in [0.2, 0.25) is 0 Å². The Labute approximate surface area is 174 Å². The monoisotopic (exact) mass is 408 g/mol. The lowest BCUT2D eigenvalue weighted by Gasteiger charge is -2.20. The number of pyridine rings is 1. The zero-order valence-electron chi connectivity index (χ0n) is 16.7. The normalized spacial score (nSPS) is 13.0. The molecule has 0 unspecified atom stereocenters. The number of methoxy groups -OCH3 is 2. The van der Waals surface area contributed by atoms with Crippen LogP contribution >= 0.6 is 11.8 Å². The highest BCUT2D eigenvalue weighted by Crippen LogP contribution is 2.35. The molecule has 0 atom stereocenters. The zero-order chi connectivity index (χ0) is 20.2. The van der Waals surface area contributed by atoms with Crippen LogP contribution in [0.5, 0.6) is 11.5 Å². The Kier molecular flexibility index (Phi) is 5.90. The molecule has 29 heavy (non-hydrogen) atoms. The van der Waals surface area contributed by atoms with Gasteiger partial charge < -0.3 is 14.8 Å². The largest absolute Gasteiger partial charge is 0.493 e. The SMILES string of the molecule is COc1ccc(NC(=O)CSc2nc3ccccc3c3c2CCCC3)cc1OC. The third-order valence-electron chi connectivity index (χ3n) is 5.18. The number of anilines is 1. The summed E-state index contributed by atoms with van der Waals surface area (Å²) in [4.78, 5) is 17.4. The number of benzene rings is 2. The molecule has 1 aliphatic rings. The van der Waals surface area contributed by atoms with Crippen molar-refractivity contribution >= 4 is 34.3 Å². The van der Waals surface area contributed by atoms with Gasteiger partial charge in [0.15, 0.2) is 11.5 Å². The molecule has 6 heteroatoms. The van der Waals surface area contributed by atoms with Crippen molar-refractivity contribution in [2.45, 2.75) is 30.7 Å². The minimum Gasteiger partial charge on any atom is -0.493 e. The molecule has 1 heterocycles. The van der Waals surface area contributed by atoms with E-state index < -0.39 is 0 Å². The average molecular weight is 409 g/mol. The fourth-order valence-corrected chi connectivity index (χ4v) is 4.71. The molecule has 2 aromatic carbocycles. The van der Waals surface area contributed by atoms with E-state index in [4.69, 9.17) is 14.5 Å². The highest BCUT2D eigenvalue weighted by molar-refractivity contribution is 8.00. The van der Waals surface area contributed by atoms with Crippen molar-refractivity contribution in [1.82, 2.24) is 4.98 Å². The highest BCUT2D eigenvalue weighted by Gasteiger charge is 2.19. The van der Waals surface area contributed by atoms with Gasteiger partial charge in [0.2, 0.25) is 5.91 Å². The van der Waals surface area contributed by atoms with Crippen molar-refractivity contribution < 1.29 is 14.3 Å². The molecule has 0 saturated carbocycles. The maximum absolute atomic E-state index is 12.5. The van der Waals surface area contributed by atoms with E-state index in [-0.39, 0.29) is 5.91 Å². The van der Waals surface area contributed by atoms with Gasteiger partial charge in [-0.2, -0.15) is 0 Å². The van der Waals surface area contributed by atoms with E-state index in [1.807, 2.05) is 6.07 Å². The van der Waals surface area contributed by atoms with Gasteiger partial charge in [0.05, 0.1) is 25.5 Å². The minimum absolute atomic E-state index is 0.0678. The first-order valence-electron chi connectivity index (χ1n) is 9.74. The van der Waals surface area contributed by atoms with Crippen molar-refractivity contribution in [3.05, 3.63) is 53.6 Å². The first kappa shape index (κ1) is 19.6. The van der Waals surface area contributed by atoms with Gasteiger partial charge in [0, 0.05) is 17.1 Å². The maximum Gasteiger partial charge on any atom is 0.234 e. The van der Waals surface area contributed by atoms with Crippen molar-refractivity contribution in [2.24, 2.45) is 0 Å². The molecule has 4 rings (SSSR count). The van der Waals surface area contributed by atoms with Gasteiger partial charge in [0.25, 0.3) is 0 Å². The van der Waals surface area contributed by atoms with Gasteiger partial charge in [-0.1, -0.05) is 30.0 Å². The summed E-state index contributed by atoms with van der Waals surface area (Å²) in [6, 6.07) is 13.6. The van der Waals surface area contributed by atoms with E-state index >= 15 is 0 Å². The maximum atomic E-state index is 12.5. The fourth-order valence-electron chi connectivity index (χ4n) is 3.81. The Morgan fingerprint density at radius 2 is 1.79 bits per heavy atom. The molecule has 0 radical (unpaired) electrons. The second kappa shape index (κ2) is 8.74. The van der Waals surface area contributed by atoms with Crippen LogP contribution in [0.4, 0.5) is 5.69 Å². The molecule has 1 aromatic heterocycles. The summed E-state index contributed by atoms with van der Waals surface area (Å²) >= 11 is 1.52. The zero-order valence-corrected chi connectivity index (χ0v) is 17.5. The lowest BCUT2D eigenvalue weighted by molar-refractivity contribution is -0.113. The Bertz CT molecular complexity index is 1050. The van der Waals surface area contributed by atoms with E-state index in [0.29, 0.717) is 22.9 Å². The number of ether oxygens (including phenoxy) is 2. The Morgan fingerprint density at radius 1 is 1.03 bits per heavy atom. The molecule has 1 aliphatic carbocycles. The molecule has 1 amide bonds. The summed E-state index contributed by atoms with van der Waals surface area (Å²) in [6.07, 6.45) is 4.51. The molecular formula is C23H24N2O3S. The van der Waals surface area contributed by atoms with Gasteiger partial charge in [-0.3, -0.25) is 4.79 Å². The third kappa shape index (κ3) is 4.17. The summed E-state index contributed by atoms with van der Waals surface area (Å²) in [7, 11) is 3.16. The summed E-state index contributed by atoms with van der Waals surface area (Å²) in [5.74, 6) is 1.46. The molecule has 3 aromatic rings. The van der Waals surface area contributed by atoms with Crippen LogP contribution in [0.1, 0.15) is 24.0 Å². The van der Waals surface area contributed by atoms with Gasteiger partial charge >= 0.3 is 0 Å². The van der Waals surface area contributed by atoms with E-state index in [2.05, 4.69) is 23.5 Å². The second-order valence-corrected chi connectivity index (χ2v) is 7.97. The Balaban J connectivity index is 1.50. The van der Waals surface area contributed by atoms with E-state index in [1.54, 1.807) is 32.4 Å². The van der Waals surface area contributed by atoms with Crippen LogP contribution < -0.4 is 14.8 Å². The molecule has 0 saturated heterocycles. The Morgan fingerprint density at radius 3 is 2.59 bits per heavy atom. The summed E-state index contributed by atoms with van der Waals surface area (Å²) in [5, 5.41) is 5.17. The van der Waals surface area contributed by atoms with E-state index in [9.17, 15) is 4.79 Å².